The smallest absolute Gasteiger partial charge is 0.0725 e. The van der Waals surface area contributed by atoms with E-state index in [0.29, 0.717) is 0 Å². The van der Waals surface area contributed by atoms with Crippen LogP contribution in [0, 0.1) is 11.5 Å². The zero-order valence-corrected chi connectivity index (χ0v) is 8.27. The molecule has 1 spiro atoms. The molecule has 0 aromatic carbocycles. The molecule has 0 aromatic heterocycles. The van der Waals surface area contributed by atoms with E-state index in [-0.39, 0.29) is 11.5 Å². The minimum Gasteiger partial charge on any atom is -0.391 e. The number of hydrogen-bond donors (Lipinski definition) is 3. The van der Waals surface area contributed by atoms with Crippen LogP contribution >= 0.6 is 0 Å². The average Bonchev–Trinajstić information content (AvgIpc) is 2.50. The lowest BCUT2D eigenvalue weighted by molar-refractivity contribution is 0.128. The van der Waals surface area contributed by atoms with Gasteiger partial charge >= 0.3 is 0 Å². The Morgan fingerprint density at radius 1 is 1.38 bits per heavy atom. The highest BCUT2D eigenvalue weighted by Gasteiger charge is 2.45. The van der Waals surface area contributed by atoms with Crippen molar-refractivity contribution in [1.82, 2.24) is 10.6 Å². The van der Waals surface area contributed by atoms with Gasteiger partial charge in [-0.05, 0) is 39.3 Å². The third kappa shape index (κ3) is 1.60. The molecule has 2 heterocycles. The van der Waals surface area contributed by atoms with Gasteiger partial charge in [0.2, 0.25) is 0 Å². The summed E-state index contributed by atoms with van der Waals surface area (Å²) in [5.41, 5.74) is 0.256. The van der Waals surface area contributed by atoms with Crippen LogP contribution in [0.3, 0.4) is 0 Å². The number of hydrogen-bond acceptors (Lipinski definition) is 3. The number of aliphatic hydroxyl groups excluding tert-OH is 1. The van der Waals surface area contributed by atoms with Crippen LogP contribution in [0.2, 0.25) is 0 Å². The van der Waals surface area contributed by atoms with Gasteiger partial charge in [-0.3, -0.25) is 0 Å². The van der Waals surface area contributed by atoms with E-state index in [0.717, 1.165) is 19.6 Å². The Labute approximate surface area is 79.9 Å². The van der Waals surface area contributed by atoms with Crippen molar-refractivity contribution in [3.8, 4) is 0 Å². The van der Waals surface area contributed by atoms with E-state index < -0.39 is 0 Å². The van der Waals surface area contributed by atoms with Gasteiger partial charge in [0.05, 0.1) is 12.1 Å². The Morgan fingerprint density at radius 3 is 2.85 bits per heavy atom. The predicted molar refractivity (Wildman–Crippen MR) is 52.1 cm³/mol. The Morgan fingerprint density at radius 2 is 2.23 bits per heavy atom. The molecule has 0 aromatic rings. The molecule has 2 unspecified atom stereocenters. The second kappa shape index (κ2) is 3.56. The molecule has 2 aliphatic heterocycles. The van der Waals surface area contributed by atoms with Crippen molar-refractivity contribution in [1.29, 1.82) is 0 Å². The molecule has 0 aliphatic carbocycles. The molecule has 0 saturated carbocycles. The zero-order valence-electron chi connectivity index (χ0n) is 8.27. The Balaban J connectivity index is 2.09. The first-order valence-electron chi connectivity index (χ1n) is 5.25. The van der Waals surface area contributed by atoms with E-state index in [4.69, 9.17) is 0 Å². The van der Waals surface area contributed by atoms with Crippen molar-refractivity contribution < 1.29 is 5.11 Å². The summed E-state index contributed by atoms with van der Waals surface area (Å²) in [6, 6.07) is 1.17. The van der Waals surface area contributed by atoms with Gasteiger partial charge in [-0.25, -0.2) is 0 Å². The van der Waals surface area contributed by atoms with E-state index in [1.165, 1.54) is 25.3 Å². The highest BCUT2D eigenvalue weighted by Crippen LogP contribution is 2.43. The van der Waals surface area contributed by atoms with E-state index >= 15 is 0 Å². The number of rotatable bonds is 1. The van der Waals surface area contributed by atoms with Crippen LogP contribution in [-0.2, 0) is 0 Å². The molecule has 2 saturated heterocycles. The first kappa shape index (κ1) is 9.44. The van der Waals surface area contributed by atoms with Gasteiger partial charge in [-0.1, -0.05) is 0 Å². The van der Waals surface area contributed by atoms with E-state index in [1.807, 2.05) is 6.92 Å². The van der Waals surface area contributed by atoms with E-state index in [2.05, 4.69) is 10.6 Å². The topological polar surface area (TPSA) is 44.3 Å². The fraction of sp³-hybridized carbons (Fsp3) is 0.900. The summed E-state index contributed by atoms with van der Waals surface area (Å²) in [4.78, 5) is 0. The van der Waals surface area contributed by atoms with Gasteiger partial charge in [0, 0.05) is 12.0 Å². The average molecular weight is 183 g/mol. The molecule has 2 rings (SSSR count). The minimum atomic E-state index is -0.303. The maximum Gasteiger partial charge on any atom is 0.0725 e. The Kier molecular flexibility index (Phi) is 2.58. The first-order chi connectivity index (χ1) is 6.25. The third-order valence-electron chi connectivity index (χ3n) is 3.38. The van der Waals surface area contributed by atoms with Crippen molar-refractivity contribution >= 4 is 0 Å². The molecular weight excluding hydrogens is 164 g/mol. The second-order valence-corrected chi connectivity index (χ2v) is 4.33. The Bertz CT molecular complexity index is 176. The van der Waals surface area contributed by atoms with Crippen molar-refractivity contribution in [3.63, 3.8) is 0 Å². The molecule has 3 N–H and O–H groups in total. The predicted octanol–water partition coefficient (Wildman–Crippen LogP) is 0.262. The van der Waals surface area contributed by atoms with Crippen molar-refractivity contribution in [2.45, 2.75) is 32.3 Å². The molecule has 3 heteroatoms. The minimum absolute atomic E-state index is 0.256. The standard InChI is InChI=1S/C10H19N2O/c1-8(13)9-10(4-6-12-9)3-2-5-11-7-10/h8,11-13H,2-7H2,1H3. The van der Waals surface area contributed by atoms with Gasteiger partial charge in [0.15, 0.2) is 0 Å². The fourth-order valence-electron chi connectivity index (χ4n) is 2.76. The van der Waals surface area contributed by atoms with Gasteiger partial charge in [-0.15, -0.1) is 0 Å². The van der Waals surface area contributed by atoms with Crippen molar-refractivity contribution in [2.24, 2.45) is 5.41 Å². The van der Waals surface area contributed by atoms with Gasteiger partial charge < -0.3 is 15.7 Å². The summed E-state index contributed by atoms with van der Waals surface area (Å²) in [6.45, 7) is 5.07. The molecular formula is C10H19N2O. The van der Waals surface area contributed by atoms with Crippen LogP contribution in [0.5, 0.6) is 0 Å². The summed E-state index contributed by atoms with van der Waals surface area (Å²) < 4.78 is 0. The van der Waals surface area contributed by atoms with Crippen LogP contribution in [0.15, 0.2) is 0 Å². The molecule has 0 amide bonds. The van der Waals surface area contributed by atoms with Crippen LogP contribution in [0.4, 0.5) is 0 Å². The van der Waals surface area contributed by atoms with Gasteiger partial charge in [0.1, 0.15) is 0 Å². The van der Waals surface area contributed by atoms with Crippen molar-refractivity contribution in [2.75, 3.05) is 19.6 Å². The highest BCUT2D eigenvalue weighted by atomic mass is 16.3. The molecule has 1 radical (unpaired) electrons. The molecule has 3 nitrogen and oxygen atoms in total. The first-order valence-corrected chi connectivity index (χ1v) is 5.25. The fourth-order valence-corrected chi connectivity index (χ4v) is 2.76. The van der Waals surface area contributed by atoms with Crippen LogP contribution in [0.25, 0.3) is 0 Å². The van der Waals surface area contributed by atoms with Crippen LogP contribution < -0.4 is 10.6 Å². The maximum absolute atomic E-state index is 9.64. The van der Waals surface area contributed by atoms with Gasteiger partial charge in [-0.2, -0.15) is 0 Å². The number of nitrogens with one attached hydrogen (secondary N) is 2. The summed E-state index contributed by atoms with van der Waals surface area (Å²) in [7, 11) is 0. The molecule has 13 heavy (non-hydrogen) atoms. The van der Waals surface area contributed by atoms with Gasteiger partial charge in [0.25, 0.3) is 0 Å². The molecule has 2 atom stereocenters. The van der Waals surface area contributed by atoms with Crippen LogP contribution in [-0.4, -0.2) is 30.8 Å². The normalized spacial score (nSPS) is 38.3. The molecule has 75 valence electrons. The lowest BCUT2D eigenvalue weighted by Crippen LogP contribution is -2.46. The number of aliphatic hydroxyl groups is 1. The van der Waals surface area contributed by atoms with E-state index in [1.54, 1.807) is 0 Å². The summed E-state index contributed by atoms with van der Waals surface area (Å²) in [6.07, 6.45) is 3.34. The molecule has 2 aliphatic rings. The Hall–Kier alpha value is -0.120. The lowest BCUT2D eigenvalue weighted by atomic mass is 9.73. The third-order valence-corrected chi connectivity index (χ3v) is 3.38. The summed E-state index contributed by atoms with van der Waals surface area (Å²) >= 11 is 0. The second-order valence-electron chi connectivity index (χ2n) is 4.33. The van der Waals surface area contributed by atoms with Crippen molar-refractivity contribution in [3.05, 3.63) is 6.04 Å². The highest BCUT2D eigenvalue weighted by molar-refractivity contribution is 5.15. The molecule has 2 fully saturated rings. The number of piperidine rings is 1. The SMILES string of the molecule is CC(O)[C]1NCCC12CCCNC2. The van der Waals surface area contributed by atoms with E-state index in [9.17, 15) is 5.11 Å². The van der Waals surface area contributed by atoms with Crippen LogP contribution in [0.1, 0.15) is 26.2 Å². The summed E-state index contributed by atoms with van der Waals surface area (Å²) in [5, 5.41) is 16.4. The largest absolute Gasteiger partial charge is 0.391 e. The monoisotopic (exact) mass is 183 g/mol. The molecule has 0 bridgehead atoms. The summed E-state index contributed by atoms with van der Waals surface area (Å²) in [5.74, 6) is 0. The zero-order chi connectivity index (χ0) is 9.31. The lowest BCUT2D eigenvalue weighted by Gasteiger charge is -2.39. The maximum atomic E-state index is 9.64. The quantitative estimate of drug-likeness (QED) is 0.546.